The maximum absolute atomic E-state index is 14.1. The van der Waals surface area contributed by atoms with Crippen LogP contribution in [0.4, 0.5) is 4.39 Å². The van der Waals surface area contributed by atoms with Crippen LogP contribution in [-0.4, -0.2) is 67.0 Å². The highest BCUT2D eigenvalue weighted by Gasteiger charge is 2.52. The molecular formula is C24H31FN2O4. The van der Waals surface area contributed by atoms with Crippen LogP contribution in [0, 0.1) is 11.7 Å². The van der Waals surface area contributed by atoms with Gasteiger partial charge in [0.1, 0.15) is 11.9 Å². The van der Waals surface area contributed by atoms with Crippen molar-refractivity contribution in [3.63, 3.8) is 0 Å². The molecule has 1 saturated carbocycles. The van der Waals surface area contributed by atoms with Gasteiger partial charge in [-0.25, -0.2) is 4.39 Å². The number of carbonyl (C=O) groups excluding carboxylic acids is 2. The Hall–Kier alpha value is -2.25. The summed E-state index contributed by atoms with van der Waals surface area (Å²) in [6.45, 7) is 7.01. The smallest absolute Gasteiger partial charge is 0.290 e. The number of hydrogen-bond acceptors (Lipinski definition) is 5. The van der Waals surface area contributed by atoms with Crippen molar-refractivity contribution in [3.05, 3.63) is 47.0 Å². The quantitative estimate of drug-likeness (QED) is 0.665. The Kier molecular flexibility index (Phi) is 6.44. The van der Waals surface area contributed by atoms with Crippen molar-refractivity contribution in [2.24, 2.45) is 5.92 Å². The summed E-state index contributed by atoms with van der Waals surface area (Å²) in [5.74, 6) is -0.824. The zero-order valence-corrected chi connectivity index (χ0v) is 18.5. The van der Waals surface area contributed by atoms with E-state index in [0.29, 0.717) is 37.1 Å². The summed E-state index contributed by atoms with van der Waals surface area (Å²) >= 11 is 0. The predicted octanol–water partition coefficient (Wildman–Crippen LogP) is 3.09. The molecule has 4 atom stereocenters. The lowest BCUT2D eigenvalue weighted by Gasteiger charge is -2.38. The van der Waals surface area contributed by atoms with Gasteiger partial charge in [0.05, 0.1) is 23.6 Å². The summed E-state index contributed by atoms with van der Waals surface area (Å²) < 4.78 is 25.7. The molecule has 1 aromatic rings. The first-order chi connectivity index (χ1) is 15.0. The van der Waals surface area contributed by atoms with Gasteiger partial charge in [-0.2, -0.15) is 0 Å². The fourth-order valence-corrected chi connectivity index (χ4v) is 5.13. The van der Waals surface area contributed by atoms with Crippen LogP contribution in [0.25, 0.3) is 0 Å². The first-order valence-corrected chi connectivity index (χ1v) is 11.2. The van der Waals surface area contributed by atoms with Gasteiger partial charge in [0.25, 0.3) is 5.91 Å². The van der Waals surface area contributed by atoms with E-state index in [9.17, 15) is 14.0 Å². The van der Waals surface area contributed by atoms with Crippen molar-refractivity contribution >= 4 is 11.7 Å². The van der Waals surface area contributed by atoms with E-state index < -0.39 is 6.04 Å². The van der Waals surface area contributed by atoms with Crippen LogP contribution in [0.3, 0.4) is 0 Å². The van der Waals surface area contributed by atoms with E-state index in [4.69, 9.17) is 9.47 Å². The van der Waals surface area contributed by atoms with Crippen LogP contribution in [0.1, 0.15) is 44.7 Å². The van der Waals surface area contributed by atoms with Crippen molar-refractivity contribution in [2.45, 2.75) is 51.4 Å². The number of rotatable bonds is 7. The van der Waals surface area contributed by atoms with Crippen molar-refractivity contribution in [1.29, 1.82) is 0 Å². The molecule has 1 aromatic carbocycles. The molecule has 6 nitrogen and oxygen atoms in total. The van der Waals surface area contributed by atoms with E-state index >= 15 is 0 Å². The number of benzene rings is 1. The molecule has 1 fully saturated rings. The fourth-order valence-electron chi connectivity index (χ4n) is 5.13. The fraction of sp³-hybridized carbons (Fsp3) is 0.583. The lowest BCUT2D eigenvalue weighted by atomic mass is 9.76. The Labute approximate surface area is 183 Å². The first kappa shape index (κ1) is 22.0. The minimum Gasteiger partial charge on any atom is -0.483 e. The Morgan fingerprint density at radius 3 is 2.68 bits per heavy atom. The van der Waals surface area contributed by atoms with Gasteiger partial charge in [-0.15, -0.1) is 0 Å². The molecule has 0 N–H and O–H groups in total. The lowest BCUT2D eigenvalue weighted by Crippen LogP contribution is -2.43. The monoisotopic (exact) mass is 430 g/mol. The van der Waals surface area contributed by atoms with Gasteiger partial charge in [-0.05, 0) is 43.6 Å². The van der Waals surface area contributed by atoms with Crippen LogP contribution in [0.15, 0.2) is 35.6 Å². The Bertz CT molecular complexity index is 882. The Morgan fingerprint density at radius 1 is 1.23 bits per heavy atom. The summed E-state index contributed by atoms with van der Waals surface area (Å²) in [4.78, 5) is 30.9. The highest BCUT2D eigenvalue weighted by Crippen LogP contribution is 2.46. The molecule has 2 aliphatic heterocycles. The molecule has 2 heterocycles. The minimum atomic E-state index is -0.609. The molecule has 4 rings (SSSR count). The molecule has 1 aliphatic carbocycles. The number of likely N-dealkylation sites (N-methyl/N-ethyl adjacent to an activating group) is 1. The zero-order chi connectivity index (χ0) is 22.1. The second-order valence-corrected chi connectivity index (χ2v) is 8.52. The molecule has 1 amide bonds. The van der Waals surface area contributed by atoms with Gasteiger partial charge in [-0.3, -0.25) is 9.59 Å². The SMILES string of the molecule is CCN(CC)CCN1C(=O)C2=C(C(=O)C3CCC(OC)CC3O2)C1c1cccc(F)c1. The summed E-state index contributed by atoms with van der Waals surface area (Å²) in [6, 6.07) is 5.58. The van der Waals surface area contributed by atoms with Crippen LogP contribution < -0.4 is 0 Å². The number of Topliss-reactive ketones (excluding diaryl/α,β-unsaturated/α-hetero) is 1. The van der Waals surface area contributed by atoms with Gasteiger partial charge in [0.2, 0.25) is 0 Å². The van der Waals surface area contributed by atoms with Crippen LogP contribution >= 0.6 is 0 Å². The van der Waals surface area contributed by atoms with Crippen LogP contribution in [0.2, 0.25) is 0 Å². The third-order valence-electron chi connectivity index (χ3n) is 6.95. The predicted molar refractivity (Wildman–Crippen MR) is 114 cm³/mol. The average molecular weight is 431 g/mol. The van der Waals surface area contributed by atoms with E-state index in [-0.39, 0.29) is 41.4 Å². The van der Waals surface area contributed by atoms with E-state index in [0.717, 1.165) is 19.5 Å². The van der Waals surface area contributed by atoms with Crippen molar-refractivity contribution < 1.29 is 23.5 Å². The maximum atomic E-state index is 14.1. The number of hydrogen-bond donors (Lipinski definition) is 0. The second-order valence-electron chi connectivity index (χ2n) is 8.52. The molecule has 0 radical (unpaired) electrons. The van der Waals surface area contributed by atoms with Crippen LogP contribution in [0.5, 0.6) is 0 Å². The first-order valence-electron chi connectivity index (χ1n) is 11.2. The summed E-state index contributed by atoms with van der Waals surface area (Å²) in [5.41, 5.74) is 1.01. The van der Waals surface area contributed by atoms with E-state index in [1.54, 1.807) is 24.1 Å². The summed E-state index contributed by atoms with van der Waals surface area (Å²) in [7, 11) is 1.66. The van der Waals surface area contributed by atoms with Crippen LogP contribution in [-0.2, 0) is 19.1 Å². The van der Waals surface area contributed by atoms with Gasteiger partial charge >= 0.3 is 0 Å². The number of amides is 1. The maximum Gasteiger partial charge on any atom is 0.290 e. The zero-order valence-electron chi connectivity index (χ0n) is 18.5. The second kappa shape index (κ2) is 9.09. The number of ether oxygens (including phenoxy) is 2. The van der Waals surface area contributed by atoms with Crippen molar-refractivity contribution in [1.82, 2.24) is 9.80 Å². The summed E-state index contributed by atoms with van der Waals surface area (Å²) in [5, 5.41) is 0. The summed E-state index contributed by atoms with van der Waals surface area (Å²) in [6.07, 6.45) is 1.75. The van der Waals surface area contributed by atoms with Gasteiger partial charge in [0.15, 0.2) is 11.5 Å². The molecule has 31 heavy (non-hydrogen) atoms. The van der Waals surface area contributed by atoms with E-state index in [2.05, 4.69) is 18.7 Å². The normalized spacial score (nSPS) is 28.1. The van der Waals surface area contributed by atoms with Gasteiger partial charge in [-0.1, -0.05) is 26.0 Å². The molecule has 168 valence electrons. The largest absolute Gasteiger partial charge is 0.483 e. The van der Waals surface area contributed by atoms with Crippen molar-refractivity contribution in [2.75, 3.05) is 33.3 Å². The van der Waals surface area contributed by atoms with E-state index in [1.807, 2.05) is 0 Å². The molecule has 4 unspecified atom stereocenters. The lowest BCUT2D eigenvalue weighted by molar-refractivity contribution is -0.138. The molecular weight excluding hydrogens is 399 g/mol. The number of ketones is 1. The molecule has 0 aromatic heterocycles. The molecule has 3 aliphatic rings. The number of fused-ring (bicyclic) bond motifs is 1. The van der Waals surface area contributed by atoms with Gasteiger partial charge in [0, 0.05) is 26.6 Å². The molecule has 0 spiro atoms. The average Bonchev–Trinajstić information content (AvgIpc) is 3.06. The minimum absolute atomic E-state index is 0.0329. The van der Waals surface area contributed by atoms with E-state index in [1.165, 1.54) is 12.1 Å². The number of methoxy groups -OCH3 is 1. The Morgan fingerprint density at radius 2 is 2.00 bits per heavy atom. The number of carbonyl (C=O) groups is 2. The molecule has 0 bridgehead atoms. The third-order valence-corrected chi connectivity index (χ3v) is 6.95. The Balaban J connectivity index is 1.70. The van der Waals surface area contributed by atoms with Crippen molar-refractivity contribution in [3.8, 4) is 0 Å². The topological polar surface area (TPSA) is 59.1 Å². The number of halogens is 1. The molecule has 7 heteroatoms. The third kappa shape index (κ3) is 4.01. The highest BCUT2D eigenvalue weighted by atomic mass is 19.1. The standard InChI is InChI=1S/C24H31FN2O4/c1-4-26(5-2)11-12-27-21(15-7-6-8-16(25)13-15)20-22(28)18-10-9-17(30-3)14-19(18)31-23(20)24(27)29/h6-8,13,17-19,21H,4-5,9-12,14H2,1-3H3. The van der Waals surface area contributed by atoms with Gasteiger partial charge < -0.3 is 19.3 Å². The molecule has 0 saturated heterocycles. The number of nitrogens with zero attached hydrogens (tertiary/aromatic N) is 2. The highest BCUT2D eigenvalue weighted by molar-refractivity contribution is 6.11.